The zero-order chi connectivity index (χ0) is 14.4. The van der Waals surface area contributed by atoms with E-state index < -0.39 is 0 Å². The molecule has 1 aromatic heterocycles. The molecule has 0 aliphatic carbocycles. The van der Waals surface area contributed by atoms with Crippen LogP contribution in [0.5, 0.6) is 0 Å². The monoisotopic (exact) mass is 279 g/mol. The van der Waals surface area contributed by atoms with Crippen LogP contribution in [0.4, 0.5) is 0 Å². The number of ether oxygens (including phenoxy) is 2. The number of H-pyrrole nitrogens is 1. The number of rotatable bonds is 5. The summed E-state index contributed by atoms with van der Waals surface area (Å²) in [5.74, 6) is -0.186. The molecule has 1 aliphatic heterocycles. The number of hydrogen-bond donors (Lipinski definition) is 2. The van der Waals surface area contributed by atoms with Gasteiger partial charge >= 0.3 is 0 Å². The molecule has 6 nitrogen and oxygen atoms in total. The largest absolute Gasteiger partial charge is 0.379 e. The summed E-state index contributed by atoms with van der Waals surface area (Å²) in [5.41, 5.74) is 1.66. The summed E-state index contributed by atoms with van der Waals surface area (Å²) < 4.78 is 11.2. The summed E-state index contributed by atoms with van der Waals surface area (Å²) in [6.45, 7) is 5.76. The normalized spacial score (nSPS) is 22.3. The minimum atomic E-state index is -0.186. The average Bonchev–Trinajstić information content (AvgIpc) is 2.94. The fraction of sp³-hybridized carbons (Fsp3) is 0.571. The second kappa shape index (κ2) is 7.21. The lowest BCUT2D eigenvalue weighted by atomic mass is 10.1. The predicted molar refractivity (Wildman–Crippen MR) is 74.4 cm³/mol. The van der Waals surface area contributed by atoms with Crippen molar-refractivity contribution >= 4 is 5.91 Å². The molecular formula is C14H21N3O3. The van der Waals surface area contributed by atoms with Gasteiger partial charge in [-0.1, -0.05) is 11.6 Å². The number of aromatic nitrogens is 2. The van der Waals surface area contributed by atoms with Crippen molar-refractivity contribution in [3.05, 3.63) is 29.9 Å². The Labute approximate surface area is 118 Å². The van der Waals surface area contributed by atoms with E-state index in [-0.39, 0.29) is 18.1 Å². The van der Waals surface area contributed by atoms with Gasteiger partial charge in [0, 0.05) is 6.61 Å². The van der Waals surface area contributed by atoms with Crippen LogP contribution in [0.25, 0.3) is 0 Å². The van der Waals surface area contributed by atoms with Gasteiger partial charge in [0.25, 0.3) is 5.91 Å². The molecule has 110 valence electrons. The summed E-state index contributed by atoms with van der Waals surface area (Å²) in [6, 6.07) is -0.134. The van der Waals surface area contributed by atoms with Crippen molar-refractivity contribution in [3.8, 4) is 0 Å². The quantitative estimate of drug-likeness (QED) is 0.796. The number of nitrogens with one attached hydrogen (secondary N) is 2. The lowest BCUT2D eigenvalue weighted by Gasteiger charge is -2.31. The first-order chi connectivity index (χ1) is 9.66. The molecule has 2 heterocycles. The first-order valence-corrected chi connectivity index (χ1v) is 6.79. The maximum absolute atomic E-state index is 12.0. The summed E-state index contributed by atoms with van der Waals surface area (Å²) in [5, 5.41) is 2.93. The van der Waals surface area contributed by atoms with Gasteiger partial charge in [0.15, 0.2) is 0 Å². The smallest absolute Gasteiger partial charge is 0.269 e. The van der Waals surface area contributed by atoms with Crippen molar-refractivity contribution in [2.45, 2.75) is 32.4 Å². The SMILES string of the molecule is CC(C)=CCO[C@H]1CCOC[C@H]1NC(=O)c1cnc[nH]1. The van der Waals surface area contributed by atoms with Crippen LogP contribution in [0.2, 0.25) is 0 Å². The number of nitrogens with zero attached hydrogens (tertiary/aromatic N) is 1. The van der Waals surface area contributed by atoms with Crippen LogP contribution in [-0.2, 0) is 9.47 Å². The van der Waals surface area contributed by atoms with Crippen molar-refractivity contribution in [1.82, 2.24) is 15.3 Å². The number of allylic oxidation sites excluding steroid dienone is 1. The van der Waals surface area contributed by atoms with Gasteiger partial charge in [0.2, 0.25) is 0 Å². The van der Waals surface area contributed by atoms with Gasteiger partial charge in [-0.05, 0) is 20.3 Å². The number of aromatic amines is 1. The molecule has 6 heteroatoms. The Kier molecular flexibility index (Phi) is 5.31. The van der Waals surface area contributed by atoms with Gasteiger partial charge in [-0.25, -0.2) is 4.98 Å². The second-order valence-corrected chi connectivity index (χ2v) is 5.06. The molecule has 1 amide bonds. The van der Waals surface area contributed by atoms with Crippen LogP contribution in [0.3, 0.4) is 0 Å². The molecule has 0 spiro atoms. The molecule has 2 rings (SSSR count). The number of carbonyl (C=O) groups excluding carboxylic acids is 1. The topological polar surface area (TPSA) is 76.2 Å². The highest BCUT2D eigenvalue weighted by Crippen LogP contribution is 2.13. The van der Waals surface area contributed by atoms with E-state index >= 15 is 0 Å². The highest BCUT2D eigenvalue weighted by Gasteiger charge is 2.28. The van der Waals surface area contributed by atoms with Crippen LogP contribution in [0, 0.1) is 0 Å². The molecule has 1 aliphatic rings. The zero-order valence-corrected chi connectivity index (χ0v) is 11.9. The Hall–Kier alpha value is -1.66. The van der Waals surface area contributed by atoms with Crippen molar-refractivity contribution in [2.24, 2.45) is 0 Å². The van der Waals surface area contributed by atoms with Gasteiger partial charge in [0.1, 0.15) is 5.69 Å². The molecule has 0 unspecified atom stereocenters. The van der Waals surface area contributed by atoms with Crippen molar-refractivity contribution < 1.29 is 14.3 Å². The Morgan fingerprint density at radius 1 is 1.65 bits per heavy atom. The van der Waals surface area contributed by atoms with Crippen LogP contribution >= 0.6 is 0 Å². The fourth-order valence-corrected chi connectivity index (χ4v) is 2.02. The van der Waals surface area contributed by atoms with Crippen molar-refractivity contribution in [3.63, 3.8) is 0 Å². The van der Waals surface area contributed by atoms with Crippen molar-refractivity contribution in [1.29, 1.82) is 0 Å². The second-order valence-electron chi connectivity index (χ2n) is 5.06. The van der Waals surface area contributed by atoms with E-state index in [2.05, 4.69) is 15.3 Å². The van der Waals surface area contributed by atoms with Gasteiger partial charge in [-0.3, -0.25) is 4.79 Å². The molecule has 0 bridgehead atoms. The third-order valence-corrected chi connectivity index (χ3v) is 3.15. The zero-order valence-electron chi connectivity index (χ0n) is 11.9. The van der Waals surface area contributed by atoms with E-state index in [1.54, 1.807) is 0 Å². The van der Waals surface area contributed by atoms with E-state index in [9.17, 15) is 4.79 Å². The van der Waals surface area contributed by atoms with Gasteiger partial charge in [0.05, 0.1) is 37.9 Å². The molecule has 1 fully saturated rings. The molecular weight excluding hydrogens is 258 g/mol. The summed E-state index contributed by atoms with van der Waals surface area (Å²) in [6.07, 6.45) is 5.77. The minimum absolute atomic E-state index is 0.0220. The van der Waals surface area contributed by atoms with E-state index in [1.807, 2.05) is 19.9 Å². The number of imidazole rings is 1. The summed E-state index contributed by atoms with van der Waals surface area (Å²) >= 11 is 0. The molecule has 20 heavy (non-hydrogen) atoms. The van der Waals surface area contributed by atoms with Crippen LogP contribution < -0.4 is 5.32 Å². The molecule has 2 atom stereocenters. The molecule has 0 aromatic carbocycles. The highest BCUT2D eigenvalue weighted by atomic mass is 16.5. The molecule has 1 saturated heterocycles. The Morgan fingerprint density at radius 2 is 2.50 bits per heavy atom. The average molecular weight is 279 g/mol. The van der Waals surface area contributed by atoms with Crippen LogP contribution in [0.1, 0.15) is 30.8 Å². The predicted octanol–water partition coefficient (Wildman–Crippen LogP) is 1.28. The standard InChI is InChI=1S/C14H21N3O3/c1-10(2)3-6-20-13-4-5-19-8-12(13)17-14(18)11-7-15-9-16-11/h3,7,9,12-13H,4-6,8H2,1-2H3,(H,15,16)(H,17,18)/t12-,13+/m1/s1. The maximum Gasteiger partial charge on any atom is 0.269 e. The molecule has 0 radical (unpaired) electrons. The van der Waals surface area contributed by atoms with E-state index in [0.717, 1.165) is 6.42 Å². The number of carbonyl (C=O) groups is 1. The fourth-order valence-electron chi connectivity index (χ4n) is 2.02. The van der Waals surface area contributed by atoms with Crippen LogP contribution in [0.15, 0.2) is 24.2 Å². The molecule has 2 N–H and O–H groups in total. The number of amides is 1. The summed E-state index contributed by atoms with van der Waals surface area (Å²) in [4.78, 5) is 18.6. The first kappa shape index (κ1) is 14.7. The van der Waals surface area contributed by atoms with Gasteiger partial charge in [-0.2, -0.15) is 0 Å². The minimum Gasteiger partial charge on any atom is -0.379 e. The van der Waals surface area contributed by atoms with Gasteiger partial charge in [-0.15, -0.1) is 0 Å². The van der Waals surface area contributed by atoms with E-state index in [0.29, 0.717) is 25.5 Å². The Bertz CT molecular complexity index is 452. The van der Waals surface area contributed by atoms with E-state index in [4.69, 9.17) is 9.47 Å². The molecule has 1 aromatic rings. The third-order valence-electron chi connectivity index (χ3n) is 3.15. The molecule has 0 saturated carbocycles. The van der Waals surface area contributed by atoms with Gasteiger partial charge < -0.3 is 19.8 Å². The first-order valence-electron chi connectivity index (χ1n) is 6.79. The number of hydrogen-bond acceptors (Lipinski definition) is 4. The highest BCUT2D eigenvalue weighted by molar-refractivity contribution is 5.92. The maximum atomic E-state index is 12.0. The lowest BCUT2D eigenvalue weighted by Crippen LogP contribution is -2.50. The lowest BCUT2D eigenvalue weighted by molar-refractivity contribution is -0.0457. The van der Waals surface area contributed by atoms with E-state index in [1.165, 1.54) is 18.1 Å². The Balaban J connectivity index is 1.89. The summed E-state index contributed by atoms with van der Waals surface area (Å²) in [7, 11) is 0. The third kappa shape index (κ3) is 4.18. The van der Waals surface area contributed by atoms with Crippen LogP contribution in [-0.4, -0.2) is 47.8 Å². The van der Waals surface area contributed by atoms with Crippen molar-refractivity contribution in [2.75, 3.05) is 19.8 Å². The Morgan fingerprint density at radius 3 is 3.20 bits per heavy atom.